The van der Waals surface area contributed by atoms with Gasteiger partial charge in [-0.1, -0.05) is 6.07 Å². The van der Waals surface area contributed by atoms with E-state index in [1.165, 1.54) is 11.4 Å². The minimum atomic E-state index is -3.62. The number of hydrogen-bond donors (Lipinski definition) is 2. The standard InChI is InChI=1S/C11H11NO4S3/c13-11(14)10-6-9(7-18-10)19(15,16)12-4-3-8-2-1-5-17-8/h1-2,5-7,12H,3-4H2,(H,13,14). The lowest BCUT2D eigenvalue weighted by molar-refractivity contribution is 0.0702. The molecule has 0 radical (unpaired) electrons. The van der Waals surface area contributed by atoms with Gasteiger partial charge in [0, 0.05) is 16.8 Å². The van der Waals surface area contributed by atoms with Crippen LogP contribution in [0.3, 0.4) is 0 Å². The molecule has 0 saturated carbocycles. The summed E-state index contributed by atoms with van der Waals surface area (Å²) in [4.78, 5) is 11.8. The second kappa shape index (κ2) is 5.83. The van der Waals surface area contributed by atoms with Crippen molar-refractivity contribution in [3.05, 3.63) is 38.7 Å². The Morgan fingerprint density at radius 1 is 1.37 bits per heavy atom. The normalized spacial score (nSPS) is 11.6. The van der Waals surface area contributed by atoms with Crippen LogP contribution in [0, 0.1) is 0 Å². The Morgan fingerprint density at radius 2 is 2.16 bits per heavy atom. The molecule has 0 aromatic carbocycles. The lowest BCUT2D eigenvalue weighted by Gasteiger charge is -2.03. The molecule has 5 nitrogen and oxygen atoms in total. The summed E-state index contributed by atoms with van der Waals surface area (Å²) in [7, 11) is -3.62. The Bertz CT molecular complexity index is 658. The van der Waals surface area contributed by atoms with Crippen molar-refractivity contribution in [2.75, 3.05) is 6.54 Å². The van der Waals surface area contributed by atoms with Crippen LogP contribution in [0.4, 0.5) is 0 Å². The summed E-state index contributed by atoms with van der Waals surface area (Å²) in [5.41, 5.74) is 0. The van der Waals surface area contributed by atoms with Crippen LogP contribution in [0.5, 0.6) is 0 Å². The average Bonchev–Trinajstić information content (AvgIpc) is 2.99. The van der Waals surface area contributed by atoms with Crippen molar-refractivity contribution in [1.29, 1.82) is 0 Å². The van der Waals surface area contributed by atoms with Gasteiger partial charge >= 0.3 is 5.97 Å². The summed E-state index contributed by atoms with van der Waals surface area (Å²) in [6.45, 7) is 0.293. The molecule has 0 unspecified atom stereocenters. The molecule has 2 aromatic rings. The van der Waals surface area contributed by atoms with E-state index >= 15 is 0 Å². The van der Waals surface area contributed by atoms with Crippen LogP contribution in [0.15, 0.2) is 33.9 Å². The fourth-order valence-corrected chi connectivity index (χ4v) is 4.27. The van der Waals surface area contributed by atoms with E-state index < -0.39 is 16.0 Å². The first-order chi connectivity index (χ1) is 8.99. The topological polar surface area (TPSA) is 83.5 Å². The fourth-order valence-electron chi connectivity index (χ4n) is 1.42. The summed E-state index contributed by atoms with van der Waals surface area (Å²) in [5, 5.41) is 12.0. The second-order valence-corrected chi connectivity index (χ2v) is 7.39. The zero-order chi connectivity index (χ0) is 13.9. The molecular formula is C11H11NO4S3. The van der Waals surface area contributed by atoms with Crippen LogP contribution >= 0.6 is 22.7 Å². The molecule has 0 aliphatic carbocycles. The maximum atomic E-state index is 11.9. The molecule has 0 amide bonds. The van der Waals surface area contributed by atoms with Crippen molar-refractivity contribution < 1.29 is 18.3 Å². The van der Waals surface area contributed by atoms with Crippen molar-refractivity contribution in [2.45, 2.75) is 11.3 Å². The lowest BCUT2D eigenvalue weighted by atomic mass is 10.3. The summed E-state index contributed by atoms with van der Waals surface area (Å²) in [6, 6.07) is 5.01. The highest BCUT2D eigenvalue weighted by Crippen LogP contribution is 2.19. The van der Waals surface area contributed by atoms with Crippen molar-refractivity contribution >= 4 is 38.7 Å². The predicted molar refractivity (Wildman–Crippen MR) is 74.5 cm³/mol. The van der Waals surface area contributed by atoms with Crippen LogP contribution in [0.1, 0.15) is 14.5 Å². The SMILES string of the molecule is O=C(O)c1cc(S(=O)(=O)NCCc2cccs2)cs1. The molecule has 2 N–H and O–H groups in total. The number of sulfonamides is 1. The van der Waals surface area contributed by atoms with Gasteiger partial charge in [0.1, 0.15) is 4.88 Å². The number of carboxylic acid groups (broad SMARTS) is 1. The highest BCUT2D eigenvalue weighted by Gasteiger charge is 2.17. The van der Waals surface area contributed by atoms with Gasteiger partial charge in [0.15, 0.2) is 0 Å². The van der Waals surface area contributed by atoms with Gasteiger partial charge in [0.05, 0.1) is 4.90 Å². The quantitative estimate of drug-likeness (QED) is 0.854. The van der Waals surface area contributed by atoms with Gasteiger partial charge in [0.25, 0.3) is 0 Å². The third-order valence-electron chi connectivity index (χ3n) is 2.34. The van der Waals surface area contributed by atoms with Crippen LogP contribution in [0.2, 0.25) is 0 Å². The van der Waals surface area contributed by atoms with Gasteiger partial charge in [-0.3, -0.25) is 0 Å². The minimum Gasteiger partial charge on any atom is -0.477 e. The third-order valence-corrected chi connectivity index (χ3v) is 5.78. The molecule has 102 valence electrons. The van der Waals surface area contributed by atoms with Crippen molar-refractivity contribution in [3.8, 4) is 0 Å². The molecule has 2 heterocycles. The van der Waals surface area contributed by atoms with E-state index in [0.717, 1.165) is 16.2 Å². The number of carboxylic acids is 1. The highest BCUT2D eigenvalue weighted by atomic mass is 32.2. The molecule has 0 saturated heterocycles. The smallest absolute Gasteiger partial charge is 0.345 e. The van der Waals surface area contributed by atoms with Crippen molar-refractivity contribution in [2.24, 2.45) is 0 Å². The predicted octanol–water partition coefficient (Wildman–Crippen LogP) is 2.03. The average molecular weight is 317 g/mol. The Hall–Kier alpha value is -1.22. The number of carbonyl (C=O) groups is 1. The summed E-state index contributed by atoms with van der Waals surface area (Å²) in [6.07, 6.45) is 0.618. The molecule has 0 atom stereocenters. The Balaban J connectivity index is 1.99. The zero-order valence-electron chi connectivity index (χ0n) is 9.70. The zero-order valence-corrected chi connectivity index (χ0v) is 12.1. The Morgan fingerprint density at radius 3 is 2.74 bits per heavy atom. The second-order valence-electron chi connectivity index (χ2n) is 3.68. The van der Waals surface area contributed by atoms with Gasteiger partial charge < -0.3 is 5.11 Å². The highest BCUT2D eigenvalue weighted by molar-refractivity contribution is 7.89. The lowest BCUT2D eigenvalue weighted by Crippen LogP contribution is -2.25. The van der Waals surface area contributed by atoms with Crippen LogP contribution in [-0.4, -0.2) is 26.0 Å². The first-order valence-corrected chi connectivity index (χ1v) is 8.57. The molecule has 19 heavy (non-hydrogen) atoms. The molecule has 0 bridgehead atoms. The van der Waals surface area contributed by atoms with E-state index in [0.29, 0.717) is 13.0 Å². The summed E-state index contributed by atoms with van der Waals surface area (Å²) >= 11 is 2.47. The van der Waals surface area contributed by atoms with E-state index in [9.17, 15) is 13.2 Å². The van der Waals surface area contributed by atoms with E-state index in [-0.39, 0.29) is 9.77 Å². The number of nitrogens with one attached hydrogen (secondary N) is 1. The number of thiophene rings is 2. The Labute approximate surface area is 118 Å². The largest absolute Gasteiger partial charge is 0.477 e. The number of aromatic carboxylic acids is 1. The van der Waals surface area contributed by atoms with Crippen LogP contribution in [0.25, 0.3) is 0 Å². The molecule has 0 fully saturated rings. The third kappa shape index (κ3) is 3.63. The molecule has 2 rings (SSSR count). The van der Waals surface area contributed by atoms with Gasteiger partial charge in [0.2, 0.25) is 10.0 Å². The van der Waals surface area contributed by atoms with Gasteiger partial charge in [-0.05, 0) is 23.9 Å². The molecule has 0 aliphatic rings. The first-order valence-electron chi connectivity index (χ1n) is 5.33. The number of hydrogen-bond acceptors (Lipinski definition) is 5. The van der Waals surface area contributed by atoms with Gasteiger partial charge in [-0.2, -0.15) is 0 Å². The maximum Gasteiger partial charge on any atom is 0.345 e. The van der Waals surface area contributed by atoms with Crippen molar-refractivity contribution in [3.63, 3.8) is 0 Å². The number of rotatable bonds is 6. The van der Waals surface area contributed by atoms with E-state index in [2.05, 4.69) is 4.72 Å². The monoisotopic (exact) mass is 317 g/mol. The fraction of sp³-hybridized carbons (Fsp3) is 0.182. The molecule has 0 aliphatic heterocycles. The van der Waals surface area contributed by atoms with Gasteiger partial charge in [-0.25, -0.2) is 17.9 Å². The summed E-state index contributed by atoms with van der Waals surface area (Å²) < 4.78 is 26.3. The van der Waals surface area contributed by atoms with Crippen molar-refractivity contribution in [1.82, 2.24) is 4.72 Å². The van der Waals surface area contributed by atoms with E-state index in [1.54, 1.807) is 11.3 Å². The maximum absolute atomic E-state index is 11.9. The molecule has 0 spiro atoms. The van der Waals surface area contributed by atoms with Gasteiger partial charge in [-0.15, -0.1) is 22.7 Å². The first kappa shape index (κ1) is 14.2. The van der Waals surface area contributed by atoms with Crippen LogP contribution < -0.4 is 4.72 Å². The molecule has 2 aromatic heterocycles. The molecule has 8 heteroatoms. The molecular weight excluding hydrogens is 306 g/mol. The van der Waals surface area contributed by atoms with E-state index in [1.807, 2.05) is 17.5 Å². The minimum absolute atomic E-state index is 0.001000. The summed E-state index contributed by atoms with van der Waals surface area (Å²) in [5.74, 6) is -1.12. The van der Waals surface area contributed by atoms with E-state index in [4.69, 9.17) is 5.11 Å². The Kier molecular flexibility index (Phi) is 4.35. The van der Waals surface area contributed by atoms with Crippen LogP contribution in [-0.2, 0) is 16.4 Å².